The molecule has 1 saturated carbocycles. The summed E-state index contributed by atoms with van der Waals surface area (Å²) in [5.74, 6) is 0.736. The van der Waals surface area contributed by atoms with Crippen molar-refractivity contribution in [3.05, 3.63) is 0 Å². The molecule has 2 unspecified atom stereocenters. The van der Waals surface area contributed by atoms with E-state index in [4.69, 9.17) is 0 Å². The first-order chi connectivity index (χ1) is 7.08. The number of rotatable bonds is 6. The third-order valence-electron chi connectivity index (χ3n) is 3.18. The maximum atomic E-state index is 9.87. The third-order valence-corrected chi connectivity index (χ3v) is 3.18. The third kappa shape index (κ3) is 5.50. The number of hydrogen-bond acceptors (Lipinski definition) is 3. The first kappa shape index (κ1) is 12.9. The van der Waals surface area contributed by atoms with Crippen molar-refractivity contribution in [2.24, 2.45) is 5.92 Å². The first-order valence-corrected chi connectivity index (χ1v) is 6.12. The Bertz CT molecular complexity index is 167. The predicted molar refractivity (Wildman–Crippen MR) is 61.8 cm³/mol. The molecule has 0 aliphatic heterocycles. The van der Waals surface area contributed by atoms with E-state index in [1.54, 1.807) is 6.92 Å². The molecule has 0 aromatic rings. The number of likely N-dealkylation sites (N-methyl/N-ethyl adjacent to an activating group) is 1. The largest absolute Gasteiger partial charge is 0.392 e. The molecule has 0 bridgehead atoms. The van der Waals surface area contributed by atoms with Crippen LogP contribution in [0.25, 0.3) is 0 Å². The summed E-state index contributed by atoms with van der Waals surface area (Å²) < 4.78 is 0. The van der Waals surface area contributed by atoms with E-state index in [0.29, 0.717) is 13.1 Å². The van der Waals surface area contributed by atoms with Crippen molar-refractivity contribution >= 4 is 0 Å². The number of aliphatic hydroxyl groups is 2. The van der Waals surface area contributed by atoms with Crippen LogP contribution in [0.4, 0.5) is 0 Å². The highest BCUT2D eigenvalue weighted by Crippen LogP contribution is 2.28. The molecule has 90 valence electrons. The number of nitrogens with zero attached hydrogens (tertiary/aromatic N) is 1. The smallest absolute Gasteiger partial charge is 0.0669 e. The molecule has 0 radical (unpaired) electrons. The second kappa shape index (κ2) is 6.46. The van der Waals surface area contributed by atoms with Gasteiger partial charge in [0.25, 0.3) is 0 Å². The summed E-state index contributed by atoms with van der Waals surface area (Å²) in [6.07, 6.45) is 5.64. The molecule has 0 saturated heterocycles. The maximum absolute atomic E-state index is 9.87. The Kier molecular flexibility index (Phi) is 5.58. The zero-order valence-electron chi connectivity index (χ0n) is 10.0. The van der Waals surface area contributed by atoms with E-state index >= 15 is 0 Å². The Balaban J connectivity index is 2.13. The molecular weight excluding hydrogens is 190 g/mol. The first-order valence-electron chi connectivity index (χ1n) is 6.12. The minimum atomic E-state index is -0.311. The van der Waals surface area contributed by atoms with E-state index in [0.717, 1.165) is 12.3 Å². The van der Waals surface area contributed by atoms with Crippen molar-refractivity contribution in [1.82, 2.24) is 4.90 Å². The van der Waals surface area contributed by atoms with Crippen molar-refractivity contribution in [1.29, 1.82) is 0 Å². The number of aliphatic hydroxyl groups excluding tert-OH is 2. The Hall–Kier alpha value is -0.120. The maximum Gasteiger partial charge on any atom is 0.0669 e. The van der Waals surface area contributed by atoms with E-state index < -0.39 is 0 Å². The lowest BCUT2D eigenvalue weighted by Gasteiger charge is -2.23. The molecule has 2 atom stereocenters. The molecule has 15 heavy (non-hydrogen) atoms. The number of hydrogen-bond donors (Lipinski definition) is 2. The van der Waals surface area contributed by atoms with Gasteiger partial charge in [0.15, 0.2) is 0 Å². The molecule has 0 heterocycles. The summed E-state index contributed by atoms with van der Waals surface area (Å²) >= 11 is 0. The van der Waals surface area contributed by atoms with Gasteiger partial charge in [0.1, 0.15) is 0 Å². The molecule has 0 aromatic carbocycles. The average Bonchev–Trinajstić information content (AvgIpc) is 2.53. The van der Waals surface area contributed by atoms with Crippen molar-refractivity contribution in [2.45, 2.75) is 51.2 Å². The van der Waals surface area contributed by atoms with Crippen LogP contribution >= 0.6 is 0 Å². The Labute approximate surface area is 93.1 Å². The lowest BCUT2D eigenvalue weighted by Crippen LogP contribution is -2.34. The van der Waals surface area contributed by atoms with Gasteiger partial charge in [0.2, 0.25) is 0 Å². The Morgan fingerprint density at radius 1 is 1.20 bits per heavy atom. The van der Waals surface area contributed by atoms with Crippen LogP contribution in [-0.2, 0) is 0 Å². The summed E-state index contributed by atoms with van der Waals surface area (Å²) in [5, 5.41) is 19.1. The van der Waals surface area contributed by atoms with Gasteiger partial charge in [0, 0.05) is 13.1 Å². The van der Waals surface area contributed by atoms with Gasteiger partial charge in [-0.25, -0.2) is 0 Å². The molecule has 0 spiro atoms. The fourth-order valence-corrected chi connectivity index (χ4v) is 2.59. The topological polar surface area (TPSA) is 43.7 Å². The zero-order chi connectivity index (χ0) is 11.3. The van der Waals surface area contributed by atoms with Gasteiger partial charge in [-0.1, -0.05) is 25.7 Å². The lowest BCUT2D eigenvalue weighted by molar-refractivity contribution is 0.0769. The minimum Gasteiger partial charge on any atom is -0.392 e. The highest BCUT2D eigenvalue weighted by molar-refractivity contribution is 4.73. The zero-order valence-corrected chi connectivity index (χ0v) is 10.0. The van der Waals surface area contributed by atoms with Crippen LogP contribution in [-0.4, -0.2) is 47.5 Å². The monoisotopic (exact) mass is 215 g/mol. The molecule has 1 fully saturated rings. The fourth-order valence-electron chi connectivity index (χ4n) is 2.59. The summed E-state index contributed by atoms with van der Waals surface area (Å²) in [6.45, 7) is 3.10. The summed E-state index contributed by atoms with van der Waals surface area (Å²) in [4.78, 5) is 2.00. The predicted octanol–water partition coefficient (Wildman–Crippen LogP) is 1.24. The van der Waals surface area contributed by atoms with E-state index in [9.17, 15) is 10.2 Å². The fraction of sp³-hybridized carbons (Fsp3) is 1.00. The van der Waals surface area contributed by atoms with Gasteiger partial charge in [-0.2, -0.15) is 0 Å². The second-order valence-corrected chi connectivity index (χ2v) is 5.11. The van der Waals surface area contributed by atoms with E-state index in [2.05, 4.69) is 0 Å². The van der Waals surface area contributed by atoms with Crippen molar-refractivity contribution < 1.29 is 10.2 Å². The Morgan fingerprint density at radius 2 is 1.80 bits per heavy atom. The molecule has 1 aliphatic rings. The van der Waals surface area contributed by atoms with Crippen molar-refractivity contribution in [2.75, 3.05) is 20.1 Å². The van der Waals surface area contributed by atoms with Crippen LogP contribution in [0.15, 0.2) is 0 Å². The lowest BCUT2D eigenvalue weighted by atomic mass is 10.00. The standard InChI is InChI=1S/C12H25NO2/c1-10(14)8-13(2)9-12(15)7-11-5-3-4-6-11/h10-12,14-15H,3-9H2,1-2H3. The van der Waals surface area contributed by atoms with Gasteiger partial charge in [-0.3, -0.25) is 0 Å². The molecule has 3 heteroatoms. The minimum absolute atomic E-state index is 0.225. The van der Waals surface area contributed by atoms with Gasteiger partial charge < -0.3 is 15.1 Å². The summed E-state index contributed by atoms with van der Waals surface area (Å²) in [5.41, 5.74) is 0. The molecule has 2 N–H and O–H groups in total. The highest BCUT2D eigenvalue weighted by atomic mass is 16.3. The van der Waals surface area contributed by atoms with Gasteiger partial charge in [-0.05, 0) is 26.3 Å². The molecule has 0 aromatic heterocycles. The highest BCUT2D eigenvalue weighted by Gasteiger charge is 2.19. The van der Waals surface area contributed by atoms with Crippen LogP contribution in [0.5, 0.6) is 0 Å². The molecule has 1 aliphatic carbocycles. The van der Waals surface area contributed by atoms with Crippen LogP contribution < -0.4 is 0 Å². The molecule has 1 rings (SSSR count). The van der Waals surface area contributed by atoms with Gasteiger partial charge in [-0.15, -0.1) is 0 Å². The van der Waals surface area contributed by atoms with E-state index in [-0.39, 0.29) is 12.2 Å². The molecule has 3 nitrogen and oxygen atoms in total. The van der Waals surface area contributed by atoms with Crippen LogP contribution in [0, 0.1) is 5.92 Å². The molecular formula is C12H25NO2. The van der Waals surface area contributed by atoms with Gasteiger partial charge >= 0.3 is 0 Å². The van der Waals surface area contributed by atoms with Crippen LogP contribution in [0.3, 0.4) is 0 Å². The van der Waals surface area contributed by atoms with Crippen LogP contribution in [0.2, 0.25) is 0 Å². The van der Waals surface area contributed by atoms with E-state index in [1.165, 1.54) is 25.7 Å². The van der Waals surface area contributed by atoms with Gasteiger partial charge in [0.05, 0.1) is 12.2 Å². The van der Waals surface area contributed by atoms with Crippen molar-refractivity contribution in [3.63, 3.8) is 0 Å². The normalized spacial score (nSPS) is 22.2. The average molecular weight is 215 g/mol. The Morgan fingerprint density at radius 3 is 2.33 bits per heavy atom. The second-order valence-electron chi connectivity index (χ2n) is 5.11. The summed E-state index contributed by atoms with van der Waals surface area (Å²) in [6, 6.07) is 0. The van der Waals surface area contributed by atoms with Crippen LogP contribution in [0.1, 0.15) is 39.0 Å². The summed E-state index contributed by atoms with van der Waals surface area (Å²) in [7, 11) is 1.95. The van der Waals surface area contributed by atoms with Crippen molar-refractivity contribution in [3.8, 4) is 0 Å². The molecule has 0 amide bonds. The quantitative estimate of drug-likeness (QED) is 0.700. The van der Waals surface area contributed by atoms with E-state index in [1.807, 2.05) is 11.9 Å². The SMILES string of the molecule is CC(O)CN(C)CC(O)CC1CCCC1.